The second-order valence-corrected chi connectivity index (χ2v) is 3.76. The summed E-state index contributed by atoms with van der Waals surface area (Å²) in [5, 5.41) is 8.80. The summed E-state index contributed by atoms with van der Waals surface area (Å²) < 4.78 is 5.00. The number of esters is 1. The van der Waals surface area contributed by atoms with Crippen LogP contribution in [0.2, 0.25) is 0 Å². The molecule has 1 aliphatic carbocycles. The van der Waals surface area contributed by atoms with Gasteiger partial charge in [-0.25, -0.2) is 0 Å². The molecule has 0 aromatic carbocycles. The molecule has 1 N–H and O–H groups in total. The molecule has 0 amide bonds. The summed E-state index contributed by atoms with van der Waals surface area (Å²) in [6.07, 6.45) is 1.02. The van der Waals surface area contributed by atoms with Crippen LogP contribution >= 0.6 is 0 Å². The largest absolute Gasteiger partial charge is 0.481 e. The van der Waals surface area contributed by atoms with Crippen molar-refractivity contribution < 1.29 is 19.4 Å². The Morgan fingerprint density at radius 2 is 2.42 bits per heavy atom. The fraction of sp³-hybridized carbons (Fsp3) is 0.750. The molecule has 2 bridgehead atoms. The van der Waals surface area contributed by atoms with Gasteiger partial charge in [0.2, 0.25) is 0 Å². The topological polar surface area (TPSA) is 63.6 Å². The van der Waals surface area contributed by atoms with Gasteiger partial charge in [-0.15, -0.1) is 0 Å². The van der Waals surface area contributed by atoms with Crippen molar-refractivity contribution in [3.63, 3.8) is 0 Å². The van der Waals surface area contributed by atoms with Crippen LogP contribution < -0.4 is 0 Å². The van der Waals surface area contributed by atoms with E-state index in [4.69, 9.17) is 9.84 Å². The van der Waals surface area contributed by atoms with Crippen LogP contribution in [0.5, 0.6) is 0 Å². The predicted octanol–water partition coefficient (Wildman–Crippen LogP) is 0.413. The van der Waals surface area contributed by atoms with E-state index in [0.29, 0.717) is 12.8 Å². The molecule has 0 aromatic rings. The number of carbonyl (C=O) groups is 2. The average Bonchev–Trinajstić information content (AvgIpc) is 2.38. The van der Waals surface area contributed by atoms with Crippen LogP contribution in [0.3, 0.4) is 0 Å². The maximum Gasteiger partial charge on any atom is 0.310 e. The van der Waals surface area contributed by atoms with Crippen molar-refractivity contribution in [2.75, 3.05) is 0 Å². The minimum atomic E-state index is -0.854. The molecule has 1 saturated heterocycles. The first-order valence-corrected chi connectivity index (χ1v) is 3.98. The van der Waals surface area contributed by atoms with E-state index in [0.717, 1.165) is 0 Å². The Kier molecular flexibility index (Phi) is 1.26. The van der Waals surface area contributed by atoms with E-state index < -0.39 is 17.5 Å². The van der Waals surface area contributed by atoms with Gasteiger partial charge in [0, 0.05) is 6.42 Å². The third-order valence-corrected chi connectivity index (χ3v) is 2.87. The minimum Gasteiger partial charge on any atom is -0.481 e. The van der Waals surface area contributed by atoms with Gasteiger partial charge in [-0.2, -0.15) is 0 Å². The zero-order valence-electron chi connectivity index (χ0n) is 6.74. The van der Waals surface area contributed by atoms with E-state index in [1.165, 1.54) is 0 Å². The van der Waals surface area contributed by atoms with Gasteiger partial charge in [0.1, 0.15) is 5.60 Å². The summed E-state index contributed by atoms with van der Waals surface area (Å²) in [5.74, 6) is -1.75. The lowest BCUT2D eigenvalue weighted by Crippen LogP contribution is -2.39. The van der Waals surface area contributed by atoms with Crippen molar-refractivity contribution in [1.82, 2.24) is 0 Å². The molecule has 1 heterocycles. The molecule has 4 nitrogen and oxygen atoms in total. The van der Waals surface area contributed by atoms with E-state index in [2.05, 4.69) is 0 Å². The van der Waals surface area contributed by atoms with Gasteiger partial charge in [-0.3, -0.25) is 9.59 Å². The second-order valence-electron chi connectivity index (χ2n) is 3.76. The summed E-state index contributed by atoms with van der Waals surface area (Å²) in [6.45, 7) is 1.71. The molecule has 1 aliphatic heterocycles. The highest BCUT2D eigenvalue weighted by Crippen LogP contribution is 2.48. The van der Waals surface area contributed by atoms with Crippen molar-refractivity contribution in [3.05, 3.63) is 0 Å². The van der Waals surface area contributed by atoms with E-state index in [1.807, 2.05) is 0 Å². The average molecular weight is 170 g/mol. The summed E-state index contributed by atoms with van der Waals surface area (Å²) in [4.78, 5) is 21.7. The normalized spacial score (nSPS) is 44.6. The molecule has 0 radical (unpaired) electrons. The number of hydrogen-bond donors (Lipinski definition) is 1. The fourth-order valence-corrected chi connectivity index (χ4v) is 2.22. The molecule has 4 heteroatoms. The number of rotatable bonds is 1. The van der Waals surface area contributed by atoms with Crippen LogP contribution in [0.15, 0.2) is 0 Å². The molecule has 3 atom stereocenters. The Morgan fingerprint density at radius 1 is 1.75 bits per heavy atom. The van der Waals surface area contributed by atoms with E-state index >= 15 is 0 Å². The quantitative estimate of drug-likeness (QED) is 0.579. The zero-order valence-corrected chi connectivity index (χ0v) is 6.74. The molecule has 66 valence electrons. The van der Waals surface area contributed by atoms with Crippen molar-refractivity contribution in [3.8, 4) is 0 Å². The number of hydrogen-bond acceptors (Lipinski definition) is 3. The fourth-order valence-electron chi connectivity index (χ4n) is 2.22. The number of fused-ring (bicyclic) bond motifs is 2. The molecular formula is C8H10O4. The molecule has 2 fully saturated rings. The highest BCUT2D eigenvalue weighted by Gasteiger charge is 2.58. The predicted molar refractivity (Wildman–Crippen MR) is 38.3 cm³/mol. The molecule has 0 spiro atoms. The van der Waals surface area contributed by atoms with E-state index in [-0.39, 0.29) is 11.9 Å². The highest BCUT2D eigenvalue weighted by molar-refractivity contribution is 5.82. The molecule has 12 heavy (non-hydrogen) atoms. The minimum absolute atomic E-state index is 0.170. The first kappa shape index (κ1) is 7.58. The smallest absolute Gasteiger partial charge is 0.310 e. The van der Waals surface area contributed by atoms with Crippen LogP contribution in [0, 0.1) is 11.8 Å². The van der Waals surface area contributed by atoms with Crippen molar-refractivity contribution in [2.24, 2.45) is 11.8 Å². The lowest BCUT2D eigenvalue weighted by atomic mass is 9.93. The van der Waals surface area contributed by atoms with E-state index in [1.54, 1.807) is 6.92 Å². The zero-order chi connectivity index (χ0) is 8.93. The van der Waals surface area contributed by atoms with E-state index in [9.17, 15) is 9.59 Å². The van der Waals surface area contributed by atoms with Gasteiger partial charge in [-0.05, 0) is 13.3 Å². The van der Waals surface area contributed by atoms with Gasteiger partial charge in [0.05, 0.1) is 11.8 Å². The van der Waals surface area contributed by atoms with Gasteiger partial charge in [-0.1, -0.05) is 0 Å². The number of carboxylic acid groups (broad SMARTS) is 1. The Hall–Kier alpha value is -1.06. The number of aliphatic carboxylic acids is 1. The first-order chi connectivity index (χ1) is 5.53. The number of carboxylic acids is 1. The van der Waals surface area contributed by atoms with Gasteiger partial charge >= 0.3 is 11.9 Å². The van der Waals surface area contributed by atoms with Crippen LogP contribution in [-0.4, -0.2) is 22.6 Å². The summed E-state index contributed by atoms with van der Waals surface area (Å²) >= 11 is 0. The Labute approximate surface area is 69.5 Å². The second kappa shape index (κ2) is 2.00. The summed E-state index contributed by atoms with van der Waals surface area (Å²) in [5.41, 5.74) is -0.729. The molecular weight excluding hydrogens is 160 g/mol. The number of carbonyl (C=O) groups excluding carboxylic acids is 1. The molecule has 0 unspecified atom stereocenters. The lowest BCUT2D eigenvalue weighted by Gasteiger charge is -2.27. The van der Waals surface area contributed by atoms with Crippen LogP contribution in [0.1, 0.15) is 19.8 Å². The Bertz CT molecular complexity index is 260. The van der Waals surface area contributed by atoms with Crippen molar-refractivity contribution in [1.29, 1.82) is 0 Å². The standard InChI is InChI=1S/C8H10O4/c1-8-3-4(7(11)12-8)2-5(8)6(9)10/h4-5H,2-3H2,1H3,(H,9,10)/t4-,5-,8-/m0/s1. The highest BCUT2D eigenvalue weighted by atomic mass is 16.6. The summed E-state index contributed by atoms with van der Waals surface area (Å²) in [6, 6.07) is 0. The van der Waals surface area contributed by atoms with Crippen molar-refractivity contribution >= 4 is 11.9 Å². The monoisotopic (exact) mass is 170 g/mol. The SMILES string of the molecule is C[C@]12C[C@H](C[C@H]1C(=O)O)C(=O)O2. The van der Waals surface area contributed by atoms with Crippen LogP contribution in [0.4, 0.5) is 0 Å². The first-order valence-electron chi connectivity index (χ1n) is 3.98. The van der Waals surface area contributed by atoms with Crippen LogP contribution in [0.25, 0.3) is 0 Å². The lowest BCUT2D eigenvalue weighted by molar-refractivity contribution is -0.167. The molecule has 1 saturated carbocycles. The summed E-state index contributed by atoms with van der Waals surface area (Å²) in [7, 11) is 0. The number of ether oxygens (including phenoxy) is 1. The maximum absolute atomic E-state index is 11.0. The van der Waals surface area contributed by atoms with Gasteiger partial charge in [0.15, 0.2) is 0 Å². The third kappa shape index (κ3) is 0.777. The van der Waals surface area contributed by atoms with Crippen molar-refractivity contribution in [2.45, 2.75) is 25.4 Å². The molecule has 2 aliphatic rings. The van der Waals surface area contributed by atoms with Gasteiger partial charge in [0.25, 0.3) is 0 Å². The van der Waals surface area contributed by atoms with Crippen LogP contribution in [-0.2, 0) is 14.3 Å². The molecule has 2 rings (SSSR count). The van der Waals surface area contributed by atoms with Gasteiger partial charge < -0.3 is 9.84 Å². The third-order valence-electron chi connectivity index (χ3n) is 2.87. The maximum atomic E-state index is 11.0. The molecule has 0 aromatic heterocycles. The Balaban J connectivity index is 2.27. The Morgan fingerprint density at radius 3 is 2.75 bits per heavy atom.